The molecule has 0 saturated heterocycles. The number of nitrogens with one attached hydrogen (secondary N) is 1. The predicted molar refractivity (Wildman–Crippen MR) is 69.9 cm³/mol. The number of hydrogen-bond acceptors (Lipinski definition) is 6. The molecule has 0 radical (unpaired) electrons. The lowest BCUT2D eigenvalue weighted by Crippen LogP contribution is -2.21. The topological polar surface area (TPSA) is 81.2 Å². The Kier molecular flexibility index (Phi) is 4.53. The molecule has 1 aromatic carbocycles. The van der Waals surface area contributed by atoms with E-state index >= 15 is 0 Å². The lowest BCUT2D eigenvalue weighted by atomic mass is 10.3. The van der Waals surface area contributed by atoms with E-state index in [-0.39, 0.29) is 10.6 Å². The van der Waals surface area contributed by atoms with Crippen LogP contribution in [-0.4, -0.2) is 28.1 Å². The van der Waals surface area contributed by atoms with Crippen molar-refractivity contribution < 1.29 is 23.1 Å². The number of halogens is 2. The summed E-state index contributed by atoms with van der Waals surface area (Å²) in [7, 11) is 0. The number of carbonyl (C=O) groups excluding carboxylic acids is 2. The Morgan fingerprint density at radius 1 is 1.38 bits per heavy atom. The van der Waals surface area contributed by atoms with Gasteiger partial charge in [0.1, 0.15) is 11.6 Å². The van der Waals surface area contributed by atoms with Crippen LogP contribution in [0.4, 0.5) is 14.5 Å². The summed E-state index contributed by atoms with van der Waals surface area (Å²) in [5.41, 5.74) is 0.197. The molecule has 0 aliphatic rings. The van der Waals surface area contributed by atoms with E-state index in [1.54, 1.807) is 6.92 Å². The molecule has 110 valence electrons. The smallest absolute Gasteiger partial charge is 0.352 e. The van der Waals surface area contributed by atoms with E-state index in [0.717, 1.165) is 23.7 Å². The average molecular weight is 313 g/mol. The quantitative estimate of drug-likeness (QED) is 0.872. The fourth-order valence-corrected chi connectivity index (χ4v) is 1.94. The maximum absolute atomic E-state index is 13.3. The number of carbonyl (C=O) groups is 2. The van der Waals surface area contributed by atoms with Crippen LogP contribution in [0, 0.1) is 18.6 Å². The second kappa shape index (κ2) is 6.35. The van der Waals surface area contributed by atoms with Crippen molar-refractivity contribution in [2.24, 2.45) is 0 Å². The molecule has 0 saturated carbocycles. The van der Waals surface area contributed by atoms with Crippen LogP contribution in [0.3, 0.4) is 0 Å². The fraction of sp³-hybridized carbons (Fsp3) is 0.167. The summed E-state index contributed by atoms with van der Waals surface area (Å²) in [6.45, 7) is 0.973. The Balaban J connectivity index is 1.90. The molecule has 0 bridgehead atoms. The number of ether oxygens (including phenoxy) is 1. The number of aromatic nitrogens is 2. The minimum atomic E-state index is -0.919. The highest BCUT2D eigenvalue weighted by Gasteiger charge is 2.16. The number of nitrogens with zero attached hydrogens (tertiary/aromatic N) is 2. The van der Waals surface area contributed by atoms with Gasteiger partial charge >= 0.3 is 5.97 Å². The Bertz CT molecular complexity index is 690. The molecule has 0 aliphatic heterocycles. The monoisotopic (exact) mass is 313 g/mol. The zero-order valence-corrected chi connectivity index (χ0v) is 11.5. The van der Waals surface area contributed by atoms with Crippen molar-refractivity contribution in [3.8, 4) is 0 Å². The van der Waals surface area contributed by atoms with E-state index in [1.807, 2.05) is 0 Å². The van der Waals surface area contributed by atoms with Crippen LogP contribution in [0.2, 0.25) is 0 Å². The second-order valence-electron chi connectivity index (χ2n) is 3.94. The summed E-state index contributed by atoms with van der Waals surface area (Å²) in [6, 6.07) is 2.70. The maximum Gasteiger partial charge on any atom is 0.352 e. The van der Waals surface area contributed by atoms with E-state index in [9.17, 15) is 18.4 Å². The van der Waals surface area contributed by atoms with Gasteiger partial charge in [-0.1, -0.05) is 4.49 Å². The lowest BCUT2D eigenvalue weighted by molar-refractivity contribution is -0.119. The van der Waals surface area contributed by atoms with E-state index in [1.165, 1.54) is 0 Å². The molecule has 0 aliphatic carbocycles. The summed E-state index contributed by atoms with van der Waals surface area (Å²) in [6.07, 6.45) is 0. The van der Waals surface area contributed by atoms with Crippen LogP contribution in [0.15, 0.2) is 18.2 Å². The molecular weight excluding hydrogens is 304 g/mol. The van der Waals surface area contributed by atoms with Crippen LogP contribution in [-0.2, 0) is 9.53 Å². The first-order valence-electron chi connectivity index (χ1n) is 5.68. The third-order valence-corrected chi connectivity index (χ3v) is 3.18. The van der Waals surface area contributed by atoms with E-state index in [4.69, 9.17) is 4.74 Å². The Labute approximate surface area is 121 Å². The molecule has 1 aromatic heterocycles. The molecule has 0 fully saturated rings. The third kappa shape index (κ3) is 3.78. The largest absolute Gasteiger partial charge is 0.451 e. The van der Waals surface area contributed by atoms with Crippen LogP contribution < -0.4 is 5.32 Å². The molecule has 1 N–H and O–H groups in total. The van der Waals surface area contributed by atoms with Crippen LogP contribution in [0.1, 0.15) is 15.4 Å². The van der Waals surface area contributed by atoms with Gasteiger partial charge in [-0.3, -0.25) is 4.79 Å². The zero-order valence-electron chi connectivity index (χ0n) is 10.7. The van der Waals surface area contributed by atoms with Crippen molar-refractivity contribution in [3.05, 3.63) is 40.4 Å². The first kappa shape index (κ1) is 15.0. The highest BCUT2D eigenvalue weighted by molar-refractivity contribution is 7.07. The van der Waals surface area contributed by atoms with E-state index in [0.29, 0.717) is 11.8 Å². The van der Waals surface area contributed by atoms with Crippen molar-refractivity contribution >= 4 is 29.1 Å². The normalized spacial score (nSPS) is 10.2. The van der Waals surface area contributed by atoms with Crippen molar-refractivity contribution in [1.82, 2.24) is 9.59 Å². The number of aryl methyl sites for hydroxylation is 1. The van der Waals surface area contributed by atoms with Crippen molar-refractivity contribution in [2.75, 3.05) is 11.9 Å². The standard InChI is InChI=1S/C12H9F2N3O3S/c1-6-11(21-17-16-6)12(19)20-5-10(18)15-9-3-2-7(13)4-8(9)14/h2-4H,5H2,1H3,(H,15,18). The zero-order chi connectivity index (χ0) is 15.4. The molecule has 6 nitrogen and oxygen atoms in total. The summed E-state index contributed by atoms with van der Waals surface area (Å²) in [5, 5.41) is 5.80. The third-order valence-electron chi connectivity index (χ3n) is 2.38. The van der Waals surface area contributed by atoms with Crippen molar-refractivity contribution in [1.29, 1.82) is 0 Å². The first-order valence-corrected chi connectivity index (χ1v) is 6.45. The van der Waals surface area contributed by atoms with E-state index in [2.05, 4.69) is 14.9 Å². The van der Waals surface area contributed by atoms with Gasteiger partial charge in [-0.2, -0.15) is 0 Å². The molecule has 0 atom stereocenters. The highest BCUT2D eigenvalue weighted by atomic mass is 32.1. The van der Waals surface area contributed by atoms with Gasteiger partial charge in [0, 0.05) is 6.07 Å². The SMILES string of the molecule is Cc1nnsc1C(=O)OCC(=O)Nc1ccc(F)cc1F. The number of rotatable bonds is 4. The van der Waals surface area contributed by atoms with Crippen LogP contribution in [0.25, 0.3) is 0 Å². The van der Waals surface area contributed by atoms with Crippen molar-refractivity contribution in [3.63, 3.8) is 0 Å². The van der Waals surface area contributed by atoms with Crippen molar-refractivity contribution in [2.45, 2.75) is 6.92 Å². The number of amides is 1. The predicted octanol–water partition coefficient (Wildman–Crippen LogP) is 1.92. The molecular formula is C12H9F2N3O3S. The van der Waals surface area contributed by atoms with Gasteiger partial charge in [0.25, 0.3) is 5.91 Å². The molecule has 2 aromatic rings. The van der Waals surface area contributed by atoms with Crippen LogP contribution >= 0.6 is 11.5 Å². The number of benzene rings is 1. The number of anilines is 1. The first-order chi connectivity index (χ1) is 9.97. The van der Waals surface area contributed by atoms with Gasteiger partial charge in [0.2, 0.25) is 0 Å². The summed E-state index contributed by atoms with van der Waals surface area (Å²) >= 11 is 0.848. The van der Waals surface area contributed by atoms with Gasteiger partial charge in [-0.25, -0.2) is 13.6 Å². The number of hydrogen-bond donors (Lipinski definition) is 1. The molecule has 0 spiro atoms. The lowest BCUT2D eigenvalue weighted by Gasteiger charge is -2.06. The highest BCUT2D eigenvalue weighted by Crippen LogP contribution is 2.15. The maximum atomic E-state index is 13.3. The van der Waals surface area contributed by atoms with Gasteiger partial charge in [-0.15, -0.1) is 5.10 Å². The minimum Gasteiger partial charge on any atom is -0.451 e. The second-order valence-corrected chi connectivity index (χ2v) is 4.69. The summed E-state index contributed by atoms with van der Waals surface area (Å²) in [4.78, 5) is 23.3. The molecule has 1 heterocycles. The fourth-order valence-electron chi connectivity index (χ4n) is 1.39. The van der Waals surface area contributed by atoms with E-state index < -0.39 is 30.1 Å². The molecule has 21 heavy (non-hydrogen) atoms. The molecule has 2 rings (SSSR count). The Morgan fingerprint density at radius 2 is 2.14 bits per heavy atom. The van der Waals surface area contributed by atoms with Gasteiger partial charge in [-0.05, 0) is 30.6 Å². The number of esters is 1. The Morgan fingerprint density at radius 3 is 2.76 bits per heavy atom. The molecule has 9 heteroatoms. The van der Waals surface area contributed by atoms with Gasteiger partial charge in [0.05, 0.1) is 11.4 Å². The Hall–Kier alpha value is -2.42. The minimum absolute atomic E-state index is 0.191. The average Bonchev–Trinajstić information content (AvgIpc) is 2.85. The van der Waals surface area contributed by atoms with Crippen LogP contribution in [0.5, 0.6) is 0 Å². The summed E-state index contributed by atoms with van der Waals surface area (Å²) < 4.78 is 34.3. The van der Waals surface area contributed by atoms with Gasteiger partial charge < -0.3 is 10.1 Å². The molecule has 1 amide bonds. The molecule has 0 unspecified atom stereocenters. The summed E-state index contributed by atoms with van der Waals surface area (Å²) in [5.74, 6) is -3.16. The van der Waals surface area contributed by atoms with Gasteiger partial charge in [0.15, 0.2) is 11.5 Å².